The molecule has 1 aromatic carbocycles. The topological polar surface area (TPSA) is 115 Å². The van der Waals surface area contributed by atoms with E-state index in [2.05, 4.69) is 26.1 Å². The van der Waals surface area contributed by atoms with Crippen LogP contribution in [0.1, 0.15) is 35.1 Å². The van der Waals surface area contributed by atoms with Crippen LogP contribution in [0.4, 0.5) is 15.4 Å². The number of hydrogen-bond acceptors (Lipinski definition) is 6. The lowest BCUT2D eigenvalue weighted by molar-refractivity contribution is 0.118. The van der Waals surface area contributed by atoms with Gasteiger partial charge < -0.3 is 20.2 Å². The van der Waals surface area contributed by atoms with Gasteiger partial charge in [-0.15, -0.1) is 17.8 Å². The van der Waals surface area contributed by atoms with E-state index in [-0.39, 0.29) is 6.61 Å². The van der Waals surface area contributed by atoms with Crippen LogP contribution in [-0.2, 0) is 10.3 Å². The van der Waals surface area contributed by atoms with Crippen molar-refractivity contribution in [3.63, 3.8) is 0 Å². The van der Waals surface area contributed by atoms with Crippen molar-refractivity contribution in [1.29, 1.82) is 0 Å². The zero-order valence-electron chi connectivity index (χ0n) is 19.2. The first-order valence-corrected chi connectivity index (χ1v) is 12.1. The molecule has 0 saturated heterocycles. The SMILES string of the molecule is [C-]#[N+]C1(c2ncccc2-c2ccc([C@H](COC(N)=O)N(C)C(=O)Nc3csc(C#C)n3)cc2Cl)CC1. The Morgan fingerprint density at radius 3 is 2.81 bits per heavy atom. The van der Waals surface area contributed by atoms with Crippen LogP contribution in [0.2, 0.25) is 5.02 Å². The van der Waals surface area contributed by atoms with E-state index in [1.807, 2.05) is 6.07 Å². The van der Waals surface area contributed by atoms with E-state index in [9.17, 15) is 9.59 Å². The van der Waals surface area contributed by atoms with E-state index >= 15 is 0 Å². The number of hydrogen-bond donors (Lipinski definition) is 2. The van der Waals surface area contributed by atoms with Crippen LogP contribution in [0.25, 0.3) is 16.0 Å². The third kappa shape index (κ3) is 5.10. The van der Waals surface area contributed by atoms with Gasteiger partial charge >= 0.3 is 12.1 Å². The van der Waals surface area contributed by atoms with E-state index in [4.69, 9.17) is 35.1 Å². The van der Waals surface area contributed by atoms with Gasteiger partial charge in [0.15, 0.2) is 5.01 Å². The molecule has 36 heavy (non-hydrogen) atoms. The van der Waals surface area contributed by atoms with Crippen molar-refractivity contribution in [1.82, 2.24) is 14.9 Å². The van der Waals surface area contributed by atoms with E-state index in [1.165, 1.54) is 16.2 Å². The van der Waals surface area contributed by atoms with Crippen molar-refractivity contribution in [2.75, 3.05) is 19.0 Å². The summed E-state index contributed by atoms with van der Waals surface area (Å²) in [6.45, 7) is 7.42. The summed E-state index contributed by atoms with van der Waals surface area (Å²) >= 11 is 7.93. The second-order valence-corrected chi connectivity index (χ2v) is 9.42. The van der Waals surface area contributed by atoms with Crippen molar-refractivity contribution in [3.05, 3.63) is 74.6 Å². The molecule has 1 aliphatic rings. The molecule has 4 rings (SSSR count). The highest BCUT2D eigenvalue weighted by molar-refractivity contribution is 7.10. The number of primary amides is 1. The number of nitrogens with zero attached hydrogens (tertiary/aromatic N) is 4. The molecule has 1 fully saturated rings. The number of nitrogens with one attached hydrogen (secondary N) is 1. The minimum atomic E-state index is -0.969. The van der Waals surface area contributed by atoms with Gasteiger partial charge in [-0.1, -0.05) is 29.8 Å². The van der Waals surface area contributed by atoms with Gasteiger partial charge in [-0.25, -0.2) is 21.1 Å². The highest BCUT2D eigenvalue weighted by Crippen LogP contribution is 2.52. The number of amides is 3. The number of aromatic nitrogens is 2. The van der Waals surface area contributed by atoms with Gasteiger partial charge in [0.1, 0.15) is 18.1 Å². The second-order valence-electron chi connectivity index (χ2n) is 8.15. The summed E-state index contributed by atoms with van der Waals surface area (Å²) in [5, 5.41) is 5.14. The summed E-state index contributed by atoms with van der Waals surface area (Å²) < 4.78 is 5.03. The standard InChI is InChI=1S/C25H21ClN6O3S/c1-4-21-30-20(14-36-21)31-24(34)32(3)19(13-35-23(27)33)15-7-8-16(18(26)12-15)17-6-5-11-29-22(17)25(28-2)9-10-25/h1,5-8,11-12,14,19H,9-10,13H2,3H3,(H2,27,33)(H,31,34)/t19-/m0/s1. The number of likely N-dealkylation sites (N-methyl/N-ethyl adjacent to an activating group) is 1. The fraction of sp³-hybridized carbons (Fsp3) is 0.240. The Morgan fingerprint density at radius 2 is 2.19 bits per heavy atom. The first-order chi connectivity index (χ1) is 17.3. The molecule has 3 aromatic rings. The van der Waals surface area contributed by atoms with Crippen LogP contribution >= 0.6 is 22.9 Å². The zero-order valence-corrected chi connectivity index (χ0v) is 20.8. The average Bonchev–Trinajstić information content (AvgIpc) is 3.55. The molecule has 1 atom stereocenters. The quantitative estimate of drug-likeness (QED) is 0.334. The Hall–Kier alpha value is -4.12. The summed E-state index contributed by atoms with van der Waals surface area (Å²) in [4.78, 5) is 38.0. The molecule has 2 heterocycles. The van der Waals surface area contributed by atoms with Crippen LogP contribution in [0, 0.1) is 18.9 Å². The normalized spacial score (nSPS) is 14.1. The van der Waals surface area contributed by atoms with Crippen LogP contribution in [0.5, 0.6) is 0 Å². The van der Waals surface area contributed by atoms with Gasteiger partial charge in [-0.05, 0) is 23.6 Å². The summed E-state index contributed by atoms with van der Waals surface area (Å²) in [6.07, 6.45) is 7.55. The highest BCUT2D eigenvalue weighted by Gasteiger charge is 2.55. The Labute approximate surface area is 217 Å². The number of nitrogens with two attached hydrogens (primary N) is 1. The smallest absolute Gasteiger partial charge is 0.404 e. The van der Waals surface area contributed by atoms with Crippen molar-refractivity contribution < 1.29 is 14.3 Å². The number of urea groups is 1. The maximum Gasteiger partial charge on any atom is 0.404 e. The first kappa shape index (κ1) is 25.0. The van der Waals surface area contributed by atoms with Gasteiger partial charge in [0.05, 0.1) is 6.04 Å². The number of terminal acetylenes is 1. The van der Waals surface area contributed by atoms with Gasteiger partial charge in [0.2, 0.25) is 0 Å². The van der Waals surface area contributed by atoms with Crippen molar-refractivity contribution in [3.8, 4) is 23.5 Å². The van der Waals surface area contributed by atoms with Crippen LogP contribution in [0.15, 0.2) is 41.9 Å². The molecular weight excluding hydrogens is 500 g/mol. The Bertz CT molecular complexity index is 1410. The summed E-state index contributed by atoms with van der Waals surface area (Å²) in [6, 6.07) is 7.78. The molecule has 1 saturated carbocycles. The third-order valence-corrected chi connectivity index (χ3v) is 6.97. The van der Waals surface area contributed by atoms with E-state index in [0.717, 1.165) is 18.4 Å². The molecule has 11 heteroatoms. The lowest BCUT2D eigenvalue weighted by Crippen LogP contribution is -2.38. The number of pyridine rings is 1. The van der Waals surface area contributed by atoms with E-state index < -0.39 is 23.7 Å². The molecule has 0 radical (unpaired) electrons. The molecule has 0 spiro atoms. The number of anilines is 1. The molecule has 182 valence electrons. The van der Waals surface area contributed by atoms with Crippen LogP contribution in [0.3, 0.4) is 0 Å². The molecule has 9 nitrogen and oxygen atoms in total. The number of benzene rings is 1. The number of carbonyl (C=O) groups is 2. The van der Waals surface area contributed by atoms with Gasteiger partial charge in [0, 0.05) is 47.6 Å². The predicted molar refractivity (Wildman–Crippen MR) is 137 cm³/mol. The Morgan fingerprint density at radius 1 is 1.42 bits per heavy atom. The average molecular weight is 521 g/mol. The number of ether oxygens (including phenoxy) is 1. The number of carbonyl (C=O) groups excluding carboxylic acids is 2. The molecular formula is C25H21ClN6O3S. The molecule has 3 amide bonds. The lowest BCUT2D eigenvalue weighted by atomic mass is 9.96. The fourth-order valence-electron chi connectivity index (χ4n) is 3.80. The molecule has 2 aromatic heterocycles. The molecule has 1 aliphatic carbocycles. The Balaban J connectivity index is 1.63. The monoisotopic (exact) mass is 520 g/mol. The minimum absolute atomic E-state index is 0.194. The van der Waals surface area contributed by atoms with E-state index in [0.29, 0.717) is 32.7 Å². The summed E-state index contributed by atoms with van der Waals surface area (Å²) in [7, 11) is 1.55. The number of rotatable bonds is 7. The second kappa shape index (κ2) is 10.2. The van der Waals surface area contributed by atoms with Crippen LogP contribution < -0.4 is 11.1 Å². The van der Waals surface area contributed by atoms with E-state index in [1.54, 1.807) is 42.9 Å². The highest BCUT2D eigenvalue weighted by atomic mass is 35.5. The summed E-state index contributed by atoms with van der Waals surface area (Å²) in [5.74, 6) is 2.72. The molecule has 3 N–H and O–H groups in total. The molecule has 0 unspecified atom stereocenters. The van der Waals surface area contributed by atoms with Crippen LogP contribution in [-0.4, -0.2) is 40.6 Å². The summed E-state index contributed by atoms with van der Waals surface area (Å²) in [5.41, 5.74) is 7.38. The molecule has 0 aliphatic heterocycles. The number of halogens is 1. The third-order valence-electron chi connectivity index (χ3n) is 5.89. The maximum atomic E-state index is 12.9. The minimum Gasteiger partial charge on any atom is -0.447 e. The van der Waals surface area contributed by atoms with Gasteiger partial charge in [-0.2, -0.15) is 0 Å². The maximum absolute atomic E-state index is 12.9. The Kier molecular flexibility index (Phi) is 7.11. The van der Waals surface area contributed by atoms with Gasteiger partial charge in [-0.3, -0.25) is 10.3 Å². The first-order valence-electron chi connectivity index (χ1n) is 10.8. The van der Waals surface area contributed by atoms with Gasteiger partial charge in [0.25, 0.3) is 5.54 Å². The van der Waals surface area contributed by atoms with Crippen molar-refractivity contribution in [2.24, 2.45) is 5.73 Å². The molecule has 0 bridgehead atoms. The largest absolute Gasteiger partial charge is 0.447 e. The van der Waals surface area contributed by atoms with Crippen molar-refractivity contribution >= 4 is 40.9 Å². The lowest BCUT2D eigenvalue weighted by Gasteiger charge is -2.28. The fourth-order valence-corrected chi connectivity index (χ4v) is 4.64. The van der Waals surface area contributed by atoms with Crippen molar-refractivity contribution in [2.45, 2.75) is 24.4 Å². The predicted octanol–water partition coefficient (Wildman–Crippen LogP) is 5.05. The zero-order chi connectivity index (χ0) is 25.9. The number of thiazole rings is 1.